The Hall–Kier alpha value is -1.39. The van der Waals surface area contributed by atoms with E-state index in [4.69, 9.17) is 10.5 Å². The van der Waals surface area contributed by atoms with E-state index in [1.807, 2.05) is 23.1 Å². The van der Waals surface area contributed by atoms with E-state index in [0.717, 1.165) is 0 Å². The van der Waals surface area contributed by atoms with Gasteiger partial charge in [-0.15, -0.1) is 0 Å². The second-order valence-electron chi connectivity index (χ2n) is 6.20. The zero-order valence-electron chi connectivity index (χ0n) is 13.0. The fourth-order valence-electron chi connectivity index (χ4n) is 2.72. The number of ether oxygens (including phenoxy) is 1. The SMILES string of the molecule is CC(C)COCCC(=O)N1C[C@@H](N)[C@H](c2ccccc2)C1. The summed E-state index contributed by atoms with van der Waals surface area (Å²) in [6.07, 6.45) is 0.445. The molecule has 2 N–H and O–H groups in total. The summed E-state index contributed by atoms with van der Waals surface area (Å²) in [5.74, 6) is 0.891. The van der Waals surface area contributed by atoms with Crippen molar-refractivity contribution in [3.8, 4) is 0 Å². The van der Waals surface area contributed by atoms with Crippen LogP contribution in [-0.2, 0) is 9.53 Å². The molecule has 0 aromatic heterocycles. The first-order valence-electron chi connectivity index (χ1n) is 7.74. The van der Waals surface area contributed by atoms with Gasteiger partial charge in [-0.1, -0.05) is 44.2 Å². The Morgan fingerprint density at radius 1 is 1.33 bits per heavy atom. The van der Waals surface area contributed by atoms with Crippen molar-refractivity contribution in [2.45, 2.75) is 32.2 Å². The van der Waals surface area contributed by atoms with Crippen LogP contribution in [0.15, 0.2) is 30.3 Å². The highest BCUT2D eigenvalue weighted by atomic mass is 16.5. The Kier molecular flexibility index (Phi) is 5.76. The van der Waals surface area contributed by atoms with Crippen LogP contribution < -0.4 is 5.73 Å². The fraction of sp³-hybridized carbons (Fsp3) is 0.588. The standard InChI is InChI=1S/C17H26N2O2/c1-13(2)12-21-9-8-17(20)19-10-15(16(18)11-19)14-6-4-3-5-7-14/h3-7,13,15-16H,8-12,18H2,1-2H3/t15-,16+/m0/s1. The molecule has 0 aliphatic carbocycles. The molecule has 0 unspecified atom stereocenters. The molecule has 1 aromatic rings. The van der Waals surface area contributed by atoms with Crippen LogP contribution in [0.2, 0.25) is 0 Å². The van der Waals surface area contributed by atoms with Crippen LogP contribution in [0.1, 0.15) is 31.7 Å². The molecule has 4 heteroatoms. The number of carbonyl (C=O) groups excluding carboxylic acids is 1. The Labute approximate surface area is 127 Å². The van der Waals surface area contributed by atoms with Gasteiger partial charge in [-0.05, 0) is 11.5 Å². The first-order valence-corrected chi connectivity index (χ1v) is 7.74. The minimum absolute atomic E-state index is 0.0212. The van der Waals surface area contributed by atoms with Crippen molar-refractivity contribution in [2.24, 2.45) is 11.7 Å². The van der Waals surface area contributed by atoms with Gasteiger partial charge in [-0.2, -0.15) is 0 Å². The molecule has 21 heavy (non-hydrogen) atoms. The van der Waals surface area contributed by atoms with Gasteiger partial charge in [0, 0.05) is 31.7 Å². The van der Waals surface area contributed by atoms with Gasteiger partial charge in [-0.3, -0.25) is 4.79 Å². The van der Waals surface area contributed by atoms with E-state index in [-0.39, 0.29) is 17.9 Å². The summed E-state index contributed by atoms with van der Waals surface area (Å²) in [7, 11) is 0. The number of nitrogens with two attached hydrogens (primary N) is 1. The van der Waals surface area contributed by atoms with Crippen molar-refractivity contribution in [3.05, 3.63) is 35.9 Å². The molecule has 1 heterocycles. The normalized spacial score (nSPS) is 22.0. The number of rotatable bonds is 6. The summed E-state index contributed by atoms with van der Waals surface area (Å²) in [4.78, 5) is 14.1. The van der Waals surface area contributed by atoms with Gasteiger partial charge in [-0.25, -0.2) is 0 Å². The van der Waals surface area contributed by atoms with Gasteiger partial charge < -0.3 is 15.4 Å². The van der Waals surface area contributed by atoms with Crippen molar-refractivity contribution in [2.75, 3.05) is 26.3 Å². The number of amides is 1. The molecule has 1 saturated heterocycles. The Bertz CT molecular complexity index is 447. The van der Waals surface area contributed by atoms with Crippen molar-refractivity contribution >= 4 is 5.91 Å². The number of nitrogens with zero attached hydrogens (tertiary/aromatic N) is 1. The van der Waals surface area contributed by atoms with Crippen LogP contribution in [0.4, 0.5) is 0 Å². The lowest BCUT2D eigenvalue weighted by Gasteiger charge is -2.16. The van der Waals surface area contributed by atoms with E-state index in [2.05, 4.69) is 26.0 Å². The molecule has 0 saturated carbocycles. The van der Waals surface area contributed by atoms with Crippen molar-refractivity contribution in [1.29, 1.82) is 0 Å². The molecule has 0 radical (unpaired) electrons. The van der Waals surface area contributed by atoms with E-state index >= 15 is 0 Å². The van der Waals surface area contributed by atoms with Crippen molar-refractivity contribution in [1.82, 2.24) is 4.90 Å². The summed E-state index contributed by atoms with van der Waals surface area (Å²) in [5, 5.41) is 0. The van der Waals surface area contributed by atoms with E-state index < -0.39 is 0 Å². The lowest BCUT2D eigenvalue weighted by atomic mass is 9.95. The van der Waals surface area contributed by atoms with Crippen LogP contribution in [0, 0.1) is 5.92 Å². The van der Waals surface area contributed by atoms with Crippen molar-refractivity contribution in [3.63, 3.8) is 0 Å². The molecule has 0 spiro atoms. The summed E-state index contributed by atoms with van der Waals surface area (Å²) in [5.41, 5.74) is 7.43. The molecule has 1 amide bonds. The van der Waals surface area contributed by atoms with Crippen LogP contribution in [-0.4, -0.2) is 43.2 Å². The average molecular weight is 290 g/mol. The lowest BCUT2D eigenvalue weighted by molar-refractivity contribution is -0.131. The Morgan fingerprint density at radius 2 is 2.05 bits per heavy atom. The van der Waals surface area contributed by atoms with Gasteiger partial charge >= 0.3 is 0 Å². The number of carbonyl (C=O) groups is 1. The smallest absolute Gasteiger partial charge is 0.224 e. The summed E-state index contributed by atoms with van der Waals surface area (Å²) < 4.78 is 5.48. The van der Waals surface area contributed by atoms with Crippen LogP contribution in [0.3, 0.4) is 0 Å². The quantitative estimate of drug-likeness (QED) is 0.815. The highest BCUT2D eigenvalue weighted by molar-refractivity contribution is 5.76. The highest BCUT2D eigenvalue weighted by Crippen LogP contribution is 2.26. The maximum absolute atomic E-state index is 12.2. The molecule has 116 valence electrons. The van der Waals surface area contributed by atoms with Gasteiger partial charge in [0.25, 0.3) is 0 Å². The maximum Gasteiger partial charge on any atom is 0.224 e. The van der Waals surface area contributed by atoms with Crippen LogP contribution in [0.25, 0.3) is 0 Å². The molecule has 1 aliphatic heterocycles. The first kappa shape index (κ1) is 16.0. The molecular formula is C17H26N2O2. The fourth-order valence-corrected chi connectivity index (χ4v) is 2.72. The molecule has 1 aliphatic rings. The van der Waals surface area contributed by atoms with Gasteiger partial charge in [0.1, 0.15) is 0 Å². The minimum atomic E-state index is 0.0212. The average Bonchev–Trinajstić information content (AvgIpc) is 2.86. The number of likely N-dealkylation sites (tertiary alicyclic amines) is 1. The predicted molar refractivity (Wildman–Crippen MR) is 84.0 cm³/mol. The third kappa shape index (κ3) is 4.55. The molecule has 4 nitrogen and oxygen atoms in total. The summed E-state index contributed by atoms with van der Waals surface area (Å²) >= 11 is 0. The lowest BCUT2D eigenvalue weighted by Crippen LogP contribution is -2.32. The van der Waals surface area contributed by atoms with Gasteiger partial charge in [0.15, 0.2) is 0 Å². The molecule has 2 rings (SSSR count). The topological polar surface area (TPSA) is 55.6 Å². The van der Waals surface area contributed by atoms with E-state index in [0.29, 0.717) is 38.6 Å². The van der Waals surface area contributed by atoms with Crippen molar-refractivity contribution < 1.29 is 9.53 Å². The minimum Gasteiger partial charge on any atom is -0.381 e. The predicted octanol–water partition coefficient (Wildman–Crippen LogP) is 2.00. The van der Waals surface area contributed by atoms with Gasteiger partial charge in [0.2, 0.25) is 5.91 Å². The van der Waals surface area contributed by atoms with Crippen LogP contribution in [0.5, 0.6) is 0 Å². The maximum atomic E-state index is 12.2. The third-order valence-electron chi connectivity index (χ3n) is 3.86. The monoisotopic (exact) mass is 290 g/mol. The molecule has 2 atom stereocenters. The second-order valence-corrected chi connectivity index (χ2v) is 6.20. The molecule has 1 fully saturated rings. The van der Waals surface area contributed by atoms with E-state index in [1.165, 1.54) is 5.56 Å². The van der Waals surface area contributed by atoms with E-state index in [9.17, 15) is 4.79 Å². The second kappa shape index (κ2) is 7.57. The highest BCUT2D eigenvalue weighted by Gasteiger charge is 2.33. The summed E-state index contributed by atoms with van der Waals surface area (Å²) in [6, 6.07) is 10.2. The van der Waals surface area contributed by atoms with Crippen LogP contribution >= 0.6 is 0 Å². The number of hydrogen-bond donors (Lipinski definition) is 1. The van der Waals surface area contributed by atoms with E-state index in [1.54, 1.807) is 0 Å². The Morgan fingerprint density at radius 3 is 2.71 bits per heavy atom. The zero-order chi connectivity index (χ0) is 15.2. The molecule has 1 aromatic carbocycles. The molecule has 0 bridgehead atoms. The first-order chi connectivity index (χ1) is 10.1. The third-order valence-corrected chi connectivity index (χ3v) is 3.86. The summed E-state index contributed by atoms with van der Waals surface area (Å²) in [6.45, 7) is 6.77. The number of hydrogen-bond acceptors (Lipinski definition) is 3. The molecular weight excluding hydrogens is 264 g/mol. The Balaban J connectivity index is 1.82. The largest absolute Gasteiger partial charge is 0.381 e. The zero-order valence-corrected chi connectivity index (χ0v) is 13.0. The number of benzene rings is 1. The van der Waals surface area contributed by atoms with Gasteiger partial charge in [0.05, 0.1) is 13.0 Å².